The van der Waals surface area contributed by atoms with Crippen LogP contribution in [0.5, 0.6) is 0 Å². The molecule has 2 rings (SSSR count). The van der Waals surface area contributed by atoms with Gasteiger partial charge >= 0.3 is 6.18 Å². The van der Waals surface area contributed by atoms with Gasteiger partial charge in [-0.2, -0.15) is 13.2 Å². The first-order chi connectivity index (χ1) is 10.5. The minimum absolute atomic E-state index is 0.236. The van der Waals surface area contributed by atoms with Crippen LogP contribution in [0.4, 0.5) is 13.2 Å². The van der Waals surface area contributed by atoms with E-state index in [4.69, 9.17) is 4.74 Å². The van der Waals surface area contributed by atoms with Gasteiger partial charge < -0.3 is 10.1 Å². The molecule has 0 saturated carbocycles. The van der Waals surface area contributed by atoms with Gasteiger partial charge in [-0.15, -0.1) is 0 Å². The molecule has 0 spiro atoms. The largest absolute Gasteiger partial charge is 0.416 e. The summed E-state index contributed by atoms with van der Waals surface area (Å²) in [6.45, 7) is 4.63. The predicted octanol–water partition coefficient (Wildman–Crippen LogP) is 2.16. The fraction of sp³-hybridized carbons (Fsp3) is 0.533. The molecule has 7 heteroatoms. The summed E-state index contributed by atoms with van der Waals surface area (Å²) in [6.07, 6.45) is -3.58. The minimum atomic E-state index is -4.38. The normalized spacial score (nSPS) is 16.5. The molecule has 22 heavy (non-hydrogen) atoms. The van der Waals surface area contributed by atoms with Crippen LogP contribution in [0.1, 0.15) is 22.3 Å². The van der Waals surface area contributed by atoms with Crippen LogP contribution in [0.25, 0.3) is 0 Å². The summed E-state index contributed by atoms with van der Waals surface area (Å²) in [7, 11) is 0. The molecule has 1 aliphatic heterocycles. The molecule has 0 unspecified atom stereocenters. The lowest BCUT2D eigenvalue weighted by Crippen LogP contribution is -2.38. The predicted molar refractivity (Wildman–Crippen MR) is 75.7 cm³/mol. The Bertz CT molecular complexity index is 483. The summed E-state index contributed by atoms with van der Waals surface area (Å²) in [5.74, 6) is -0.351. The van der Waals surface area contributed by atoms with Crippen molar-refractivity contribution in [2.24, 2.45) is 0 Å². The van der Waals surface area contributed by atoms with Crippen molar-refractivity contribution in [3.63, 3.8) is 0 Å². The maximum Gasteiger partial charge on any atom is 0.416 e. The number of amides is 1. The Morgan fingerprint density at radius 2 is 1.82 bits per heavy atom. The highest BCUT2D eigenvalue weighted by Crippen LogP contribution is 2.29. The van der Waals surface area contributed by atoms with Crippen molar-refractivity contribution >= 4 is 5.91 Å². The van der Waals surface area contributed by atoms with Crippen molar-refractivity contribution in [3.8, 4) is 0 Å². The third-order valence-electron chi connectivity index (χ3n) is 3.51. The van der Waals surface area contributed by atoms with E-state index < -0.39 is 11.7 Å². The van der Waals surface area contributed by atoms with Gasteiger partial charge in [-0.3, -0.25) is 9.69 Å². The highest BCUT2D eigenvalue weighted by Gasteiger charge is 2.30. The lowest BCUT2D eigenvalue weighted by molar-refractivity contribution is -0.137. The number of ether oxygens (including phenoxy) is 1. The Hall–Kier alpha value is -1.60. The van der Waals surface area contributed by atoms with E-state index in [1.165, 1.54) is 12.1 Å². The molecule has 1 amide bonds. The van der Waals surface area contributed by atoms with Gasteiger partial charge in [0, 0.05) is 25.2 Å². The van der Waals surface area contributed by atoms with E-state index in [-0.39, 0.29) is 11.5 Å². The molecule has 1 fully saturated rings. The number of morpholine rings is 1. The Morgan fingerprint density at radius 3 is 2.41 bits per heavy atom. The molecule has 4 nitrogen and oxygen atoms in total. The molecule has 1 heterocycles. The Morgan fingerprint density at radius 1 is 1.18 bits per heavy atom. The van der Waals surface area contributed by atoms with Gasteiger partial charge in [-0.25, -0.2) is 0 Å². The van der Waals surface area contributed by atoms with E-state index in [1.54, 1.807) is 0 Å². The van der Waals surface area contributed by atoms with Crippen molar-refractivity contribution < 1.29 is 22.7 Å². The van der Waals surface area contributed by atoms with Crippen LogP contribution in [0.15, 0.2) is 24.3 Å². The van der Waals surface area contributed by atoms with Crippen LogP contribution in [-0.4, -0.2) is 50.2 Å². The van der Waals surface area contributed by atoms with Gasteiger partial charge in [0.1, 0.15) is 0 Å². The first kappa shape index (κ1) is 16.8. The number of hydrogen-bond donors (Lipinski definition) is 1. The third kappa shape index (κ3) is 4.99. The number of carbonyl (C=O) groups excluding carboxylic acids is 1. The van der Waals surface area contributed by atoms with Crippen molar-refractivity contribution in [2.45, 2.75) is 12.6 Å². The molecule has 0 atom stereocenters. The van der Waals surface area contributed by atoms with Gasteiger partial charge in [-0.05, 0) is 37.2 Å². The molecule has 1 N–H and O–H groups in total. The topological polar surface area (TPSA) is 41.6 Å². The van der Waals surface area contributed by atoms with E-state index in [0.29, 0.717) is 6.54 Å². The van der Waals surface area contributed by atoms with Crippen molar-refractivity contribution in [1.82, 2.24) is 10.2 Å². The van der Waals surface area contributed by atoms with Gasteiger partial charge in [0.05, 0.1) is 18.8 Å². The number of carbonyl (C=O) groups is 1. The zero-order chi connectivity index (χ0) is 16.0. The summed E-state index contributed by atoms with van der Waals surface area (Å²) in [6, 6.07) is 4.23. The molecular weight excluding hydrogens is 297 g/mol. The monoisotopic (exact) mass is 316 g/mol. The molecule has 122 valence electrons. The standard InChI is InChI=1S/C15H19F3N2O2/c16-15(17,18)13-4-2-12(3-5-13)14(21)19-6-1-7-20-8-10-22-11-9-20/h2-5H,1,6-11H2,(H,19,21). The quantitative estimate of drug-likeness (QED) is 0.847. The maximum absolute atomic E-state index is 12.4. The lowest BCUT2D eigenvalue weighted by Gasteiger charge is -2.26. The maximum atomic E-state index is 12.4. The number of nitrogens with zero attached hydrogens (tertiary/aromatic N) is 1. The van der Waals surface area contributed by atoms with Gasteiger partial charge in [-0.1, -0.05) is 0 Å². The SMILES string of the molecule is O=C(NCCCN1CCOCC1)c1ccc(C(F)(F)F)cc1. The summed E-state index contributed by atoms with van der Waals surface area (Å²) in [4.78, 5) is 14.1. The summed E-state index contributed by atoms with van der Waals surface area (Å²) in [5, 5.41) is 2.72. The van der Waals surface area contributed by atoms with E-state index in [2.05, 4.69) is 10.2 Å². The average molecular weight is 316 g/mol. The van der Waals surface area contributed by atoms with Gasteiger partial charge in [0.2, 0.25) is 0 Å². The lowest BCUT2D eigenvalue weighted by atomic mass is 10.1. The van der Waals surface area contributed by atoms with Crippen LogP contribution < -0.4 is 5.32 Å². The fourth-order valence-electron chi connectivity index (χ4n) is 2.24. The third-order valence-corrected chi connectivity index (χ3v) is 3.51. The highest BCUT2D eigenvalue weighted by atomic mass is 19.4. The molecule has 1 saturated heterocycles. The number of nitrogens with one attached hydrogen (secondary N) is 1. The van der Waals surface area contributed by atoms with Crippen molar-refractivity contribution in [2.75, 3.05) is 39.4 Å². The molecule has 0 aliphatic carbocycles. The Kier molecular flexibility index (Phi) is 5.79. The number of hydrogen-bond acceptors (Lipinski definition) is 3. The van der Waals surface area contributed by atoms with Crippen LogP contribution in [0.3, 0.4) is 0 Å². The molecular formula is C15H19F3N2O2. The molecule has 0 bridgehead atoms. The van der Waals surface area contributed by atoms with E-state index >= 15 is 0 Å². The number of alkyl halides is 3. The molecule has 1 aliphatic rings. The minimum Gasteiger partial charge on any atom is -0.379 e. The smallest absolute Gasteiger partial charge is 0.379 e. The second kappa shape index (κ2) is 7.60. The van der Waals surface area contributed by atoms with E-state index in [1.807, 2.05) is 0 Å². The zero-order valence-corrected chi connectivity index (χ0v) is 12.2. The fourth-order valence-corrected chi connectivity index (χ4v) is 2.24. The van der Waals surface area contributed by atoms with Gasteiger partial charge in [0.25, 0.3) is 5.91 Å². The Balaban J connectivity index is 1.72. The van der Waals surface area contributed by atoms with Crippen molar-refractivity contribution in [1.29, 1.82) is 0 Å². The number of benzene rings is 1. The molecule has 1 aromatic rings. The van der Waals surface area contributed by atoms with E-state index in [0.717, 1.165) is 51.4 Å². The number of halogens is 3. The molecule has 1 aromatic carbocycles. The van der Waals surface area contributed by atoms with Gasteiger partial charge in [0.15, 0.2) is 0 Å². The average Bonchev–Trinajstić information content (AvgIpc) is 2.52. The van der Waals surface area contributed by atoms with Crippen LogP contribution in [0, 0.1) is 0 Å². The van der Waals surface area contributed by atoms with Crippen molar-refractivity contribution in [3.05, 3.63) is 35.4 Å². The first-order valence-corrected chi connectivity index (χ1v) is 7.22. The first-order valence-electron chi connectivity index (χ1n) is 7.22. The zero-order valence-electron chi connectivity index (χ0n) is 12.2. The summed E-state index contributed by atoms with van der Waals surface area (Å²) >= 11 is 0. The van der Waals surface area contributed by atoms with Crippen LogP contribution in [0.2, 0.25) is 0 Å². The highest BCUT2D eigenvalue weighted by molar-refractivity contribution is 5.94. The van der Waals surface area contributed by atoms with Crippen LogP contribution >= 0.6 is 0 Å². The Labute approximate surface area is 127 Å². The summed E-state index contributed by atoms with van der Waals surface area (Å²) < 4.78 is 42.5. The van der Waals surface area contributed by atoms with E-state index in [9.17, 15) is 18.0 Å². The second-order valence-corrected chi connectivity index (χ2v) is 5.14. The molecule has 0 radical (unpaired) electrons. The number of rotatable bonds is 5. The summed E-state index contributed by atoms with van der Waals surface area (Å²) in [5.41, 5.74) is -0.518. The molecule has 0 aromatic heterocycles. The second-order valence-electron chi connectivity index (χ2n) is 5.14. The van der Waals surface area contributed by atoms with Crippen LogP contribution in [-0.2, 0) is 10.9 Å².